The van der Waals surface area contributed by atoms with Crippen molar-refractivity contribution in [2.75, 3.05) is 27.9 Å². The Morgan fingerprint density at radius 1 is 0.829 bits per heavy atom. The number of rotatable bonds is 10. The molecule has 14 heteroatoms. The molecule has 3 aliphatic heterocycles. The lowest BCUT2D eigenvalue weighted by atomic mass is 9.81. The number of aliphatic hydroxyl groups is 2. The van der Waals surface area contributed by atoms with E-state index in [1.807, 2.05) is 63.2 Å². The summed E-state index contributed by atoms with van der Waals surface area (Å²) in [6, 6.07) is 19.6. The molecule has 2 N–H and O–H groups in total. The highest BCUT2D eigenvalue weighted by Crippen LogP contribution is 2.40. The molecule has 1 amide bonds. The van der Waals surface area contributed by atoms with Gasteiger partial charge in [-0.15, -0.1) is 0 Å². The molecule has 3 fully saturated rings. The molecule has 13 nitrogen and oxygen atoms in total. The number of nitrogens with zero attached hydrogens (tertiary/aromatic N) is 1. The van der Waals surface area contributed by atoms with Gasteiger partial charge in [-0.3, -0.25) is 14.4 Å². The molecule has 2 bridgehead atoms. The Bertz CT molecular complexity index is 2090. The lowest BCUT2D eigenvalue weighted by molar-refractivity contribution is -0.302. The number of ketones is 2. The maximum atomic E-state index is 14.7. The highest BCUT2D eigenvalue weighted by molar-refractivity contribution is 6.96. The van der Waals surface area contributed by atoms with Crippen molar-refractivity contribution < 1.29 is 57.5 Å². The van der Waals surface area contributed by atoms with Crippen LogP contribution in [0.1, 0.15) is 112 Å². The summed E-state index contributed by atoms with van der Waals surface area (Å²) in [6.45, 7) is 13.7. The molecule has 70 heavy (non-hydrogen) atoms. The third-order valence-electron chi connectivity index (χ3n) is 15.9. The number of benzene rings is 2. The summed E-state index contributed by atoms with van der Waals surface area (Å²) < 4.78 is 38.0. The summed E-state index contributed by atoms with van der Waals surface area (Å²) >= 11 is 0. The first-order valence-corrected chi connectivity index (χ1v) is 28.2. The molecular weight excluding hydrogens is 907 g/mol. The Balaban J connectivity index is 1.32. The molecular formula is C56H81NO12Si. The lowest BCUT2D eigenvalue weighted by Gasteiger charge is -2.47. The molecule has 0 spiro atoms. The van der Waals surface area contributed by atoms with E-state index in [2.05, 4.69) is 43.8 Å². The molecule has 1 saturated carbocycles. The third-order valence-corrected chi connectivity index (χ3v) is 19.5. The van der Waals surface area contributed by atoms with E-state index < -0.39 is 86.1 Å². The van der Waals surface area contributed by atoms with Gasteiger partial charge >= 0.3 is 5.97 Å². The van der Waals surface area contributed by atoms with E-state index in [1.54, 1.807) is 35.2 Å². The molecule has 2 aromatic rings. The number of hydrogen-bond acceptors (Lipinski definition) is 12. The van der Waals surface area contributed by atoms with Crippen molar-refractivity contribution in [3.05, 3.63) is 84.0 Å². The van der Waals surface area contributed by atoms with Gasteiger partial charge in [0.1, 0.15) is 24.0 Å². The SMILES string of the molecule is CC[C@@H]1/C=C(\C)C[C@H](C)C[C@H](OC)[C@H]2OC(O)(C(=O)C(=O)N3CCCC[C@H]3C(=O)OC(/C(C)=C/[C@@H]3CC[C@@H](O[Si](C)(c4ccccc4)c4ccccc4)[C@H](OC)C3)[C@H](C)[C@@H](O)CC1=O)[C@H](C)C[C@@H]2OC. The summed E-state index contributed by atoms with van der Waals surface area (Å²) in [7, 11) is 2.14. The third kappa shape index (κ3) is 12.7. The van der Waals surface area contributed by atoms with Crippen LogP contribution in [-0.2, 0) is 47.3 Å². The average Bonchev–Trinajstić information content (AvgIpc) is 3.36. The summed E-state index contributed by atoms with van der Waals surface area (Å²) in [5.74, 6) is -7.52. The zero-order valence-electron chi connectivity index (χ0n) is 43.3. The fourth-order valence-corrected chi connectivity index (χ4v) is 14.8. The number of aliphatic hydroxyl groups excluding tert-OH is 1. The smallest absolute Gasteiger partial charge is 0.329 e. The van der Waals surface area contributed by atoms with Crippen LogP contribution in [0.4, 0.5) is 0 Å². The fourth-order valence-electron chi connectivity index (χ4n) is 11.6. The van der Waals surface area contributed by atoms with E-state index in [-0.39, 0.29) is 55.6 Å². The Labute approximate surface area is 417 Å². The van der Waals surface area contributed by atoms with Gasteiger partial charge in [-0.2, -0.15) is 0 Å². The van der Waals surface area contributed by atoms with Crippen LogP contribution in [0.2, 0.25) is 6.55 Å². The number of carbonyl (C=O) groups excluding carboxylic acids is 4. The lowest BCUT2D eigenvalue weighted by Crippen LogP contribution is -2.64. The molecule has 1 aliphatic carbocycles. The van der Waals surface area contributed by atoms with Crippen molar-refractivity contribution in [3.8, 4) is 0 Å². The van der Waals surface area contributed by atoms with Gasteiger partial charge in [0.05, 0.1) is 30.5 Å². The van der Waals surface area contributed by atoms with Crippen LogP contribution in [0, 0.1) is 29.6 Å². The number of fused-ring (bicyclic) bond motifs is 3. The minimum Gasteiger partial charge on any atom is -0.456 e. The fraction of sp³-hybridized carbons (Fsp3) is 0.643. The Hall–Kier alpha value is -3.86. The van der Waals surface area contributed by atoms with Gasteiger partial charge in [0.25, 0.3) is 20.0 Å². The van der Waals surface area contributed by atoms with Crippen molar-refractivity contribution in [2.24, 2.45) is 29.6 Å². The van der Waals surface area contributed by atoms with Crippen LogP contribution in [-0.4, -0.2) is 129 Å². The van der Waals surface area contributed by atoms with Gasteiger partial charge in [0, 0.05) is 52.0 Å². The van der Waals surface area contributed by atoms with Crippen molar-refractivity contribution in [3.63, 3.8) is 0 Å². The number of cyclic esters (lactones) is 1. The normalized spacial score (nSPS) is 35.8. The molecule has 14 atom stereocenters. The highest BCUT2D eigenvalue weighted by Gasteiger charge is 2.57. The van der Waals surface area contributed by atoms with Crippen molar-refractivity contribution >= 4 is 42.1 Å². The molecule has 2 unspecified atom stereocenters. The number of amides is 1. The highest BCUT2D eigenvalue weighted by atomic mass is 28.4. The summed E-state index contributed by atoms with van der Waals surface area (Å²) in [5, 5.41) is 26.5. The number of ether oxygens (including phenoxy) is 5. The average molecular weight is 988 g/mol. The van der Waals surface area contributed by atoms with E-state index in [1.165, 1.54) is 15.3 Å². The van der Waals surface area contributed by atoms with Gasteiger partial charge in [-0.25, -0.2) is 4.79 Å². The Morgan fingerprint density at radius 2 is 1.44 bits per heavy atom. The van der Waals surface area contributed by atoms with E-state index in [0.717, 1.165) is 18.4 Å². The summed E-state index contributed by atoms with van der Waals surface area (Å²) in [6.07, 6.45) is 4.64. The van der Waals surface area contributed by atoms with Gasteiger partial charge in [0.15, 0.2) is 0 Å². The monoisotopic (exact) mass is 988 g/mol. The van der Waals surface area contributed by atoms with E-state index in [4.69, 9.17) is 28.1 Å². The molecule has 386 valence electrons. The summed E-state index contributed by atoms with van der Waals surface area (Å²) in [4.78, 5) is 58.9. The Kier molecular flexibility index (Phi) is 19.6. The summed E-state index contributed by atoms with van der Waals surface area (Å²) in [5.41, 5.74) is 1.70. The molecule has 0 radical (unpaired) electrons. The second-order valence-electron chi connectivity index (χ2n) is 21.0. The molecule has 2 saturated heterocycles. The van der Waals surface area contributed by atoms with Crippen LogP contribution >= 0.6 is 0 Å². The molecule has 0 aromatic heterocycles. The zero-order valence-corrected chi connectivity index (χ0v) is 44.3. The molecule has 2 aromatic carbocycles. The Morgan fingerprint density at radius 3 is 2.04 bits per heavy atom. The maximum Gasteiger partial charge on any atom is 0.329 e. The number of Topliss-reactive ketones (excluding diaryl/α,β-unsaturated/α-hetero) is 2. The number of hydrogen-bond donors (Lipinski definition) is 2. The zero-order chi connectivity index (χ0) is 50.9. The van der Waals surface area contributed by atoms with Crippen LogP contribution in [0.25, 0.3) is 0 Å². The van der Waals surface area contributed by atoms with E-state index >= 15 is 0 Å². The quantitative estimate of drug-likeness (QED) is 0.110. The minimum absolute atomic E-state index is 0.00353. The number of allylic oxidation sites excluding steroid dienone is 3. The molecule has 4 aliphatic rings. The van der Waals surface area contributed by atoms with E-state index in [9.17, 15) is 29.4 Å². The van der Waals surface area contributed by atoms with Crippen LogP contribution in [0.3, 0.4) is 0 Å². The van der Waals surface area contributed by atoms with Crippen LogP contribution in [0.15, 0.2) is 84.0 Å². The largest absolute Gasteiger partial charge is 0.456 e. The van der Waals surface area contributed by atoms with E-state index in [0.29, 0.717) is 44.1 Å². The van der Waals surface area contributed by atoms with Gasteiger partial charge in [0.2, 0.25) is 5.79 Å². The number of piperidine rings is 1. The first-order chi connectivity index (χ1) is 33.4. The molecule has 6 rings (SSSR count). The minimum atomic E-state index is -2.66. The number of carbonyl (C=O) groups is 4. The number of esters is 1. The van der Waals surface area contributed by atoms with Gasteiger partial charge < -0.3 is 43.2 Å². The van der Waals surface area contributed by atoms with Gasteiger partial charge in [-0.1, -0.05) is 106 Å². The molecule has 3 heterocycles. The van der Waals surface area contributed by atoms with Crippen molar-refractivity contribution in [1.82, 2.24) is 4.90 Å². The first-order valence-electron chi connectivity index (χ1n) is 25.8. The van der Waals surface area contributed by atoms with Crippen molar-refractivity contribution in [1.29, 1.82) is 0 Å². The second kappa shape index (κ2) is 24.7. The topological polar surface area (TPSA) is 167 Å². The van der Waals surface area contributed by atoms with Crippen LogP contribution < -0.4 is 10.4 Å². The predicted molar refractivity (Wildman–Crippen MR) is 271 cm³/mol. The van der Waals surface area contributed by atoms with Gasteiger partial charge in [-0.05, 0) is 112 Å². The predicted octanol–water partition coefficient (Wildman–Crippen LogP) is 6.89. The first kappa shape index (κ1) is 55.5. The second-order valence-corrected chi connectivity index (χ2v) is 24.5. The number of methoxy groups -OCH3 is 3. The van der Waals surface area contributed by atoms with Crippen LogP contribution in [0.5, 0.6) is 0 Å². The van der Waals surface area contributed by atoms with Crippen molar-refractivity contribution in [2.45, 2.75) is 173 Å². The standard InChI is InChI=1S/C56H81NO12Si/c1-11-41-29-35(2)28-36(3)30-49(65-8)52-50(66-9)32-38(5)56(63,68-52)53(60)54(61)57-27-19-18-24-44(57)55(62)67-51(39(6)45(58)34-46(41)59)37(4)31-40-25-26-47(48(33-40)64-7)69-70(10,42-20-14-12-15-21-42)43-22-16-13-17-23-43/h12-17,20-23,29,31,36,38-41,44-45,47-52,58,63H,11,18-19,24-28,30,32-34H2,1-10H3/b35-29+,37-31+/t36-,38+,39+,40-,41+,44-,45-,47+,48+,49-,50-,51?,52+,56?/m0/s1. The maximum absolute atomic E-state index is 14.7.